The van der Waals surface area contributed by atoms with Crippen molar-refractivity contribution in [1.82, 2.24) is 14.7 Å². The zero-order chi connectivity index (χ0) is 20.5. The van der Waals surface area contributed by atoms with E-state index in [9.17, 15) is 18.0 Å². The molecule has 1 spiro atoms. The molecular weight excluding hydrogens is 394 g/mol. The van der Waals surface area contributed by atoms with E-state index in [0.29, 0.717) is 32.8 Å². The van der Waals surface area contributed by atoms with Gasteiger partial charge in [0.05, 0.1) is 19.8 Å². The molecule has 0 atom stereocenters. The number of carbonyl (C=O) groups is 2. The molecule has 0 bridgehead atoms. The van der Waals surface area contributed by atoms with Gasteiger partial charge in [-0.05, 0) is 5.56 Å². The Balaban J connectivity index is 1.46. The molecule has 0 unspecified atom stereocenters. The average Bonchev–Trinajstić information content (AvgIpc) is 2.90. The van der Waals surface area contributed by atoms with E-state index in [4.69, 9.17) is 4.74 Å². The van der Waals surface area contributed by atoms with Crippen LogP contribution in [-0.4, -0.2) is 91.5 Å². The standard InChI is InChI=1S/C20H27N3O5S/c24-18(15-21-10-12-28-13-11-21)22-8-6-20(7-9-22)23(19(25)16-29(20,26)27)14-17-4-2-1-3-5-17/h1-5H,6-16H2. The lowest BCUT2D eigenvalue weighted by atomic mass is 10.0. The van der Waals surface area contributed by atoms with Crippen LogP contribution in [0.2, 0.25) is 0 Å². The van der Waals surface area contributed by atoms with Gasteiger partial charge in [-0.1, -0.05) is 30.3 Å². The molecule has 4 rings (SSSR count). The van der Waals surface area contributed by atoms with Gasteiger partial charge in [0.2, 0.25) is 11.8 Å². The van der Waals surface area contributed by atoms with Crippen molar-refractivity contribution in [2.45, 2.75) is 24.3 Å². The summed E-state index contributed by atoms with van der Waals surface area (Å²) in [5.74, 6) is -0.776. The van der Waals surface area contributed by atoms with Crippen molar-refractivity contribution in [1.29, 1.82) is 0 Å². The Kier molecular flexibility index (Phi) is 5.63. The van der Waals surface area contributed by atoms with Crippen LogP contribution in [0.5, 0.6) is 0 Å². The molecule has 29 heavy (non-hydrogen) atoms. The molecule has 1 aromatic rings. The molecule has 3 fully saturated rings. The number of hydrogen-bond acceptors (Lipinski definition) is 6. The molecule has 0 saturated carbocycles. The predicted molar refractivity (Wildman–Crippen MR) is 107 cm³/mol. The van der Waals surface area contributed by atoms with Crippen molar-refractivity contribution in [2.24, 2.45) is 0 Å². The quantitative estimate of drug-likeness (QED) is 0.685. The maximum atomic E-state index is 13.0. The van der Waals surface area contributed by atoms with E-state index in [0.717, 1.165) is 18.7 Å². The summed E-state index contributed by atoms with van der Waals surface area (Å²) in [7, 11) is -3.59. The Morgan fingerprint density at radius 3 is 2.34 bits per heavy atom. The maximum absolute atomic E-state index is 13.0. The normalized spacial score (nSPS) is 24.2. The van der Waals surface area contributed by atoms with E-state index in [1.54, 1.807) is 4.90 Å². The van der Waals surface area contributed by atoms with Crippen LogP contribution < -0.4 is 0 Å². The number of carbonyl (C=O) groups excluding carboxylic acids is 2. The number of piperidine rings is 1. The largest absolute Gasteiger partial charge is 0.379 e. The molecular formula is C20H27N3O5S. The molecule has 0 aromatic heterocycles. The second kappa shape index (κ2) is 8.04. The van der Waals surface area contributed by atoms with Crippen LogP contribution in [0.3, 0.4) is 0 Å². The first-order valence-corrected chi connectivity index (χ1v) is 11.7. The lowest BCUT2D eigenvalue weighted by Crippen LogP contribution is -2.57. The van der Waals surface area contributed by atoms with Gasteiger partial charge in [-0.3, -0.25) is 14.5 Å². The van der Waals surface area contributed by atoms with Gasteiger partial charge < -0.3 is 14.5 Å². The third-order valence-corrected chi connectivity index (χ3v) is 8.64. The zero-order valence-electron chi connectivity index (χ0n) is 16.5. The molecule has 2 amide bonds. The second-order valence-electron chi connectivity index (χ2n) is 7.94. The smallest absolute Gasteiger partial charge is 0.239 e. The lowest BCUT2D eigenvalue weighted by molar-refractivity contribution is -0.137. The Labute approximate surface area is 171 Å². The minimum absolute atomic E-state index is 0.0121. The van der Waals surface area contributed by atoms with Crippen LogP contribution in [0.25, 0.3) is 0 Å². The minimum Gasteiger partial charge on any atom is -0.379 e. The Hall–Kier alpha value is -1.97. The molecule has 3 aliphatic heterocycles. The summed E-state index contributed by atoms with van der Waals surface area (Å²) >= 11 is 0. The van der Waals surface area contributed by atoms with Gasteiger partial charge >= 0.3 is 0 Å². The average molecular weight is 422 g/mol. The SMILES string of the molecule is O=C(CN1CCOCC1)N1CCC2(CC1)N(Cc1ccccc1)C(=O)CS2(=O)=O. The number of ether oxygens (including phenoxy) is 1. The molecule has 1 aromatic carbocycles. The monoisotopic (exact) mass is 421 g/mol. The Morgan fingerprint density at radius 1 is 1.03 bits per heavy atom. The van der Waals surface area contributed by atoms with Crippen LogP contribution in [0.4, 0.5) is 0 Å². The first kappa shape index (κ1) is 20.3. The zero-order valence-corrected chi connectivity index (χ0v) is 17.3. The minimum atomic E-state index is -3.59. The number of hydrogen-bond donors (Lipinski definition) is 0. The summed E-state index contributed by atoms with van der Waals surface area (Å²) in [6.45, 7) is 4.03. The van der Waals surface area contributed by atoms with Crippen LogP contribution in [0.15, 0.2) is 30.3 Å². The predicted octanol–water partition coefficient (Wildman–Crippen LogP) is 0.0945. The van der Waals surface area contributed by atoms with Crippen LogP contribution >= 0.6 is 0 Å². The van der Waals surface area contributed by atoms with Crippen LogP contribution in [0.1, 0.15) is 18.4 Å². The van der Waals surface area contributed by atoms with Crippen molar-refractivity contribution in [3.05, 3.63) is 35.9 Å². The van der Waals surface area contributed by atoms with Crippen molar-refractivity contribution < 1.29 is 22.7 Å². The number of benzene rings is 1. The number of morpholine rings is 1. The number of amides is 2. The fraction of sp³-hybridized carbons (Fsp3) is 0.600. The lowest BCUT2D eigenvalue weighted by Gasteiger charge is -2.43. The first-order chi connectivity index (χ1) is 13.9. The van der Waals surface area contributed by atoms with Crippen molar-refractivity contribution >= 4 is 21.7 Å². The highest BCUT2D eigenvalue weighted by Crippen LogP contribution is 2.40. The molecule has 0 radical (unpaired) electrons. The van der Waals surface area contributed by atoms with Gasteiger partial charge in [0.15, 0.2) is 9.84 Å². The third kappa shape index (κ3) is 3.91. The molecule has 3 heterocycles. The molecule has 0 N–H and O–H groups in total. The van der Waals surface area contributed by atoms with E-state index in [1.165, 1.54) is 4.90 Å². The molecule has 8 nitrogen and oxygen atoms in total. The highest BCUT2D eigenvalue weighted by Gasteiger charge is 2.58. The fourth-order valence-electron chi connectivity index (χ4n) is 4.51. The molecule has 9 heteroatoms. The van der Waals surface area contributed by atoms with Crippen molar-refractivity contribution in [2.75, 3.05) is 51.7 Å². The second-order valence-corrected chi connectivity index (χ2v) is 10.2. The highest BCUT2D eigenvalue weighted by molar-refractivity contribution is 7.93. The topological polar surface area (TPSA) is 87.2 Å². The maximum Gasteiger partial charge on any atom is 0.239 e. The van der Waals surface area contributed by atoms with Crippen LogP contribution in [-0.2, 0) is 30.7 Å². The van der Waals surface area contributed by atoms with E-state index in [1.807, 2.05) is 30.3 Å². The van der Waals surface area contributed by atoms with Gasteiger partial charge in [-0.15, -0.1) is 0 Å². The number of likely N-dealkylation sites (tertiary alicyclic amines) is 1. The van der Waals surface area contributed by atoms with Gasteiger partial charge in [0.1, 0.15) is 10.6 Å². The van der Waals surface area contributed by atoms with E-state index in [-0.39, 0.29) is 31.2 Å². The fourth-order valence-corrected chi connectivity index (χ4v) is 6.56. The summed E-state index contributed by atoms with van der Waals surface area (Å²) in [5, 5.41) is 0. The first-order valence-electron chi connectivity index (χ1n) is 10.1. The van der Waals surface area contributed by atoms with E-state index in [2.05, 4.69) is 4.90 Å². The third-order valence-electron chi connectivity index (χ3n) is 6.23. The molecule has 0 aliphatic carbocycles. The van der Waals surface area contributed by atoms with Gasteiger partial charge in [-0.2, -0.15) is 0 Å². The van der Waals surface area contributed by atoms with Crippen molar-refractivity contribution in [3.63, 3.8) is 0 Å². The summed E-state index contributed by atoms with van der Waals surface area (Å²) in [6.07, 6.45) is 0.533. The van der Waals surface area contributed by atoms with Crippen LogP contribution in [0, 0.1) is 0 Å². The molecule has 158 valence electrons. The van der Waals surface area contributed by atoms with E-state index < -0.39 is 20.5 Å². The summed E-state index contributed by atoms with van der Waals surface area (Å²) < 4.78 is 31.2. The highest BCUT2D eigenvalue weighted by atomic mass is 32.2. The van der Waals surface area contributed by atoms with Gasteiger partial charge in [0.25, 0.3) is 0 Å². The summed E-state index contributed by atoms with van der Waals surface area (Å²) in [6, 6.07) is 9.44. The number of nitrogens with zero attached hydrogens (tertiary/aromatic N) is 3. The van der Waals surface area contributed by atoms with E-state index >= 15 is 0 Å². The molecule has 3 saturated heterocycles. The number of rotatable bonds is 4. The Morgan fingerprint density at radius 2 is 1.69 bits per heavy atom. The summed E-state index contributed by atoms with van der Waals surface area (Å²) in [5.41, 5.74) is 0.906. The van der Waals surface area contributed by atoms with Crippen molar-refractivity contribution in [3.8, 4) is 0 Å². The summed E-state index contributed by atoms with van der Waals surface area (Å²) in [4.78, 5) is 29.4. The molecule has 3 aliphatic rings. The number of sulfone groups is 1. The Bertz CT molecular complexity index is 859. The van der Waals surface area contributed by atoms with Gasteiger partial charge in [0, 0.05) is 45.6 Å². The van der Waals surface area contributed by atoms with Gasteiger partial charge in [-0.25, -0.2) is 8.42 Å².